The molecule has 5 heteroatoms. The number of nitriles is 1. The first-order valence-corrected chi connectivity index (χ1v) is 7.43. The second-order valence-electron chi connectivity index (χ2n) is 5.48. The van der Waals surface area contributed by atoms with Crippen LogP contribution in [0, 0.1) is 25.2 Å². The van der Waals surface area contributed by atoms with Crippen LogP contribution in [0.2, 0.25) is 0 Å². The van der Waals surface area contributed by atoms with E-state index in [4.69, 9.17) is 15.2 Å². The van der Waals surface area contributed by atoms with Gasteiger partial charge in [0.15, 0.2) is 0 Å². The molecule has 1 aliphatic heterocycles. The molecule has 1 aliphatic rings. The van der Waals surface area contributed by atoms with Crippen LogP contribution in [0.1, 0.15) is 36.5 Å². The van der Waals surface area contributed by atoms with Gasteiger partial charge in [-0.05, 0) is 38.8 Å². The van der Waals surface area contributed by atoms with Crippen molar-refractivity contribution in [2.24, 2.45) is 5.73 Å². The summed E-state index contributed by atoms with van der Waals surface area (Å²) in [6.07, 6.45) is 0. The van der Waals surface area contributed by atoms with Crippen molar-refractivity contribution < 1.29 is 14.3 Å². The van der Waals surface area contributed by atoms with Crippen LogP contribution >= 0.6 is 0 Å². The van der Waals surface area contributed by atoms with Crippen LogP contribution in [0.4, 0.5) is 0 Å². The maximum Gasteiger partial charge on any atom is 0.338 e. The van der Waals surface area contributed by atoms with E-state index in [1.807, 2.05) is 32.0 Å². The molecular weight excluding hydrogens is 292 g/mol. The summed E-state index contributed by atoms with van der Waals surface area (Å²) in [4.78, 5) is 12.4. The van der Waals surface area contributed by atoms with Crippen molar-refractivity contribution >= 4 is 5.97 Å². The first kappa shape index (κ1) is 16.6. The fraction of sp³-hybridized carbons (Fsp3) is 0.333. The Morgan fingerprint density at radius 1 is 1.39 bits per heavy atom. The molecule has 120 valence electrons. The Morgan fingerprint density at radius 2 is 2.09 bits per heavy atom. The predicted molar refractivity (Wildman–Crippen MR) is 85.9 cm³/mol. The van der Waals surface area contributed by atoms with E-state index in [1.165, 1.54) is 0 Å². The molecular formula is C18H20N2O3. The lowest BCUT2D eigenvalue weighted by atomic mass is 9.81. The molecule has 0 saturated carbocycles. The van der Waals surface area contributed by atoms with E-state index in [-0.39, 0.29) is 18.1 Å². The molecule has 0 bridgehead atoms. The lowest BCUT2D eigenvalue weighted by molar-refractivity contribution is -0.139. The van der Waals surface area contributed by atoms with E-state index in [1.54, 1.807) is 13.8 Å². The quantitative estimate of drug-likeness (QED) is 0.867. The summed E-state index contributed by atoms with van der Waals surface area (Å²) >= 11 is 0. The number of esters is 1. The average molecular weight is 312 g/mol. The summed E-state index contributed by atoms with van der Waals surface area (Å²) in [6.45, 7) is 7.57. The maximum absolute atomic E-state index is 12.4. The third-order valence-corrected chi connectivity index (χ3v) is 3.84. The van der Waals surface area contributed by atoms with Crippen molar-refractivity contribution in [2.45, 2.75) is 33.6 Å². The van der Waals surface area contributed by atoms with Gasteiger partial charge in [0.25, 0.3) is 0 Å². The van der Waals surface area contributed by atoms with Gasteiger partial charge in [-0.15, -0.1) is 0 Å². The third-order valence-electron chi connectivity index (χ3n) is 3.84. The fourth-order valence-corrected chi connectivity index (χ4v) is 2.82. The first-order chi connectivity index (χ1) is 10.9. The number of nitrogens with zero attached hydrogens (tertiary/aromatic N) is 1. The van der Waals surface area contributed by atoms with Crippen molar-refractivity contribution in [2.75, 3.05) is 6.61 Å². The van der Waals surface area contributed by atoms with Crippen LogP contribution in [-0.2, 0) is 14.3 Å². The largest absolute Gasteiger partial charge is 0.463 e. The minimum absolute atomic E-state index is 0.0306. The van der Waals surface area contributed by atoms with E-state index < -0.39 is 11.9 Å². The van der Waals surface area contributed by atoms with Crippen LogP contribution in [0.5, 0.6) is 0 Å². The minimum atomic E-state index is -0.576. The number of hydrogen-bond acceptors (Lipinski definition) is 5. The summed E-state index contributed by atoms with van der Waals surface area (Å²) in [6, 6.07) is 7.95. The molecule has 0 saturated heterocycles. The predicted octanol–water partition coefficient (Wildman–Crippen LogP) is 2.95. The Bertz CT molecular complexity index is 754. The van der Waals surface area contributed by atoms with Gasteiger partial charge in [0.05, 0.1) is 18.1 Å². The number of nitrogens with two attached hydrogens (primary N) is 1. The lowest BCUT2D eigenvalue weighted by Crippen LogP contribution is -2.26. The van der Waals surface area contributed by atoms with Crippen molar-refractivity contribution in [3.63, 3.8) is 0 Å². The number of aryl methyl sites for hydroxylation is 2. The van der Waals surface area contributed by atoms with Crippen LogP contribution in [0.3, 0.4) is 0 Å². The number of rotatable bonds is 3. The molecule has 23 heavy (non-hydrogen) atoms. The molecule has 0 aromatic heterocycles. The van der Waals surface area contributed by atoms with Crippen LogP contribution < -0.4 is 5.73 Å². The zero-order valence-electron chi connectivity index (χ0n) is 13.8. The van der Waals surface area contributed by atoms with Crippen LogP contribution in [-0.4, -0.2) is 12.6 Å². The first-order valence-electron chi connectivity index (χ1n) is 7.43. The molecule has 5 nitrogen and oxygen atoms in total. The van der Waals surface area contributed by atoms with Gasteiger partial charge >= 0.3 is 5.97 Å². The van der Waals surface area contributed by atoms with Gasteiger partial charge in [-0.3, -0.25) is 0 Å². The Labute approximate surface area is 136 Å². The Morgan fingerprint density at radius 3 is 2.65 bits per heavy atom. The normalized spacial score (nSPS) is 17.6. The third kappa shape index (κ3) is 3.07. The summed E-state index contributed by atoms with van der Waals surface area (Å²) in [5, 5.41) is 9.51. The zero-order valence-corrected chi connectivity index (χ0v) is 13.8. The molecule has 0 aliphatic carbocycles. The van der Waals surface area contributed by atoms with Crippen LogP contribution in [0.25, 0.3) is 0 Å². The molecule has 2 N–H and O–H groups in total. The summed E-state index contributed by atoms with van der Waals surface area (Å²) in [5.74, 6) is -0.670. The van der Waals surface area contributed by atoms with Crippen molar-refractivity contribution in [1.29, 1.82) is 5.26 Å². The fourth-order valence-electron chi connectivity index (χ4n) is 2.82. The minimum Gasteiger partial charge on any atom is -0.463 e. The molecule has 2 rings (SSSR count). The number of benzene rings is 1. The van der Waals surface area contributed by atoms with E-state index in [9.17, 15) is 10.1 Å². The lowest BCUT2D eigenvalue weighted by Gasteiger charge is -2.27. The molecule has 1 aromatic rings. The van der Waals surface area contributed by atoms with Crippen LogP contribution in [0.15, 0.2) is 41.0 Å². The molecule has 0 fully saturated rings. The number of allylic oxidation sites excluding steroid dienone is 2. The van der Waals surface area contributed by atoms with Gasteiger partial charge in [0, 0.05) is 0 Å². The summed E-state index contributed by atoms with van der Waals surface area (Å²) in [5.41, 5.74) is 9.35. The molecule has 1 atom stereocenters. The number of ether oxygens (including phenoxy) is 2. The van der Waals surface area contributed by atoms with Crippen molar-refractivity contribution in [3.8, 4) is 6.07 Å². The number of hydrogen-bond donors (Lipinski definition) is 1. The summed E-state index contributed by atoms with van der Waals surface area (Å²) in [7, 11) is 0. The van der Waals surface area contributed by atoms with E-state index in [0.29, 0.717) is 11.3 Å². The van der Waals surface area contributed by atoms with E-state index in [2.05, 4.69) is 6.07 Å². The smallest absolute Gasteiger partial charge is 0.338 e. The second kappa shape index (κ2) is 6.57. The summed E-state index contributed by atoms with van der Waals surface area (Å²) < 4.78 is 10.5. The molecule has 0 spiro atoms. The highest BCUT2D eigenvalue weighted by atomic mass is 16.5. The highest BCUT2D eigenvalue weighted by Gasteiger charge is 2.36. The number of carbonyl (C=O) groups is 1. The molecule has 0 radical (unpaired) electrons. The van der Waals surface area contributed by atoms with Gasteiger partial charge in [0.1, 0.15) is 17.4 Å². The highest BCUT2D eigenvalue weighted by molar-refractivity contribution is 5.92. The van der Waals surface area contributed by atoms with Crippen molar-refractivity contribution in [1.82, 2.24) is 0 Å². The van der Waals surface area contributed by atoms with E-state index >= 15 is 0 Å². The van der Waals surface area contributed by atoms with Gasteiger partial charge in [-0.25, -0.2) is 4.79 Å². The van der Waals surface area contributed by atoms with Gasteiger partial charge in [-0.2, -0.15) is 5.26 Å². The monoisotopic (exact) mass is 312 g/mol. The SMILES string of the molecule is CCOC(=O)C1=C(C)OC(N)=C(C#N)[C@H]1c1ccc(C)cc1C. The Kier molecular flexibility index (Phi) is 4.75. The topological polar surface area (TPSA) is 85.3 Å². The van der Waals surface area contributed by atoms with Gasteiger partial charge < -0.3 is 15.2 Å². The molecule has 0 unspecified atom stereocenters. The van der Waals surface area contributed by atoms with Crippen molar-refractivity contribution in [3.05, 3.63) is 57.7 Å². The highest BCUT2D eigenvalue weighted by Crippen LogP contribution is 2.40. The maximum atomic E-state index is 12.4. The number of carbonyl (C=O) groups excluding carboxylic acids is 1. The van der Waals surface area contributed by atoms with E-state index in [0.717, 1.165) is 16.7 Å². The van der Waals surface area contributed by atoms with Gasteiger partial charge in [0.2, 0.25) is 5.88 Å². The van der Waals surface area contributed by atoms with Gasteiger partial charge in [-0.1, -0.05) is 23.8 Å². The molecule has 0 amide bonds. The second-order valence-corrected chi connectivity index (χ2v) is 5.48. The zero-order chi connectivity index (χ0) is 17.1. The average Bonchev–Trinajstić information content (AvgIpc) is 2.46. The Hall–Kier alpha value is -2.74. The Balaban J connectivity index is 2.66. The molecule has 1 heterocycles. The standard InChI is InChI=1S/C18H20N2O3/c1-5-22-18(21)15-12(4)23-17(20)14(9-19)16(15)13-7-6-10(2)8-11(13)3/h6-8,16H,5,20H2,1-4H3/t16-/m1/s1. The molecule has 1 aromatic carbocycles.